The summed E-state index contributed by atoms with van der Waals surface area (Å²) in [7, 11) is 0. The summed E-state index contributed by atoms with van der Waals surface area (Å²) in [5.74, 6) is 0. The summed E-state index contributed by atoms with van der Waals surface area (Å²) in [5.41, 5.74) is 6.04. The van der Waals surface area contributed by atoms with Crippen LogP contribution >= 0.6 is 22.7 Å². The monoisotopic (exact) mass is 576 g/mol. The molecule has 40 heavy (non-hydrogen) atoms. The van der Waals surface area contributed by atoms with Crippen LogP contribution in [0.3, 0.4) is 0 Å². The summed E-state index contributed by atoms with van der Waals surface area (Å²) in [6.45, 7) is 11.4. The molecule has 2 nitrogen and oxygen atoms in total. The number of unbranched alkanes of at least 4 members (excludes halogenated alkanes) is 8. The van der Waals surface area contributed by atoms with Crippen molar-refractivity contribution in [2.75, 3.05) is 0 Å². The lowest BCUT2D eigenvalue weighted by Crippen LogP contribution is -2.32. The Balaban J connectivity index is 1.75. The maximum Gasteiger partial charge on any atom is 0.169 e. The van der Waals surface area contributed by atoms with Gasteiger partial charge in [-0.1, -0.05) is 79.1 Å². The van der Waals surface area contributed by atoms with Crippen LogP contribution in [0.4, 0.5) is 0 Å². The topological polar surface area (TPSA) is 7.76 Å². The fourth-order valence-corrected chi connectivity index (χ4v) is 8.63. The molecule has 4 rings (SSSR count). The summed E-state index contributed by atoms with van der Waals surface area (Å²) in [4.78, 5) is 3.04. The van der Waals surface area contributed by atoms with Crippen LogP contribution < -0.4 is 9.13 Å². The Labute approximate surface area is 252 Å². The summed E-state index contributed by atoms with van der Waals surface area (Å²) < 4.78 is 7.84. The first-order valence-electron chi connectivity index (χ1n) is 16.3. The van der Waals surface area contributed by atoms with E-state index in [1.165, 1.54) is 111 Å². The normalized spacial score (nSPS) is 11.6. The van der Waals surface area contributed by atoms with Crippen molar-refractivity contribution in [1.82, 2.24) is 0 Å². The van der Waals surface area contributed by atoms with E-state index < -0.39 is 0 Å². The molecule has 4 aromatic rings. The molecule has 0 saturated carbocycles. The Morgan fingerprint density at radius 1 is 0.475 bits per heavy atom. The maximum absolute atomic E-state index is 2.37. The van der Waals surface area contributed by atoms with Gasteiger partial charge in [-0.3, -0.25) is 0 Å². The van der Waals surface area contributed by atoms with E-state index in [9.17, 15) is 0 Å². The van der Waals surface area contributed by atoms with E-state index in [0.717, 1.165) is 13.1 Å². The molecule has 0 fully saturated rings. The van der Waals surface area contributed by atoms with Crippen molar-refractivity contribution in [3.8, 4) is 20.9 Å². The fourth-order valence-electron chi connectivity index (χ4n) is 5.60. The number of thiophene rings is 2. The highest BCUT2D eigenvalue weighted by atomic mass is 32.1. The molecule has 4 aromatic heterocycles. The second-order valence-electron chi connectivity index (χ2n) is 11.5. The zero-order chi connectivity index (χ0) is 28.2. The van der Waals surface area contributed by atoms with E-state index in [4.69, 9.17) is 0 Å². The van der Waals surface area contributed by atoms with Gasteiger partial charge in [-0.25, -0.2) is 9.13 Å². The molecule has 0 amide bonds. The highest BCUT2D eigenvalue weighted by Gasteiger charge is 2.23. The number of nitrogens with zero attached hydrogens (tertiary/aromatic N) is 2. The van der Waals surface area contributed by atoms with Crippen LogP contribution in [-0.4, -0.2) is 0 Å². The van der Waals surface area contributed by atoms with Crippen molar-refractivity contribution in [3.05, 3.63) is 60.2 Å². The molecular weight excluding hydrogens is 525 g/mol. The van der Waals surface area contributed by atoms with Gasteiger partial charge in [0.1, 0.15) is 13.1 Å². The molecule has 0 N–H and O–H groups in total. The summed E-state index contributed by atoms with van der Waals surface area (Å²) in [5, 5.41) is 0. The van der Waals surface area contributed by atoms with Gasteiger partial charge in [0.05, 0.1) is 0 Å². The van der Waals surface area contributed by atoms with Crippen LogP contribution in [0.25, 0.3) is 30.3 Å². The van der Waals surface area contributed by atoms with Crippen LogP contribution in [0, 0.1) is 0 Å². The molecular formula is C36H52N2S2+2. The van der Waals surface area contributed by atoms with Crippen LogP contribution in [0.1, 0.15) is 116 Å². The molecule has 0 saturated heterocycles. The molecule has 0 atom stereocenters. The lowest BCUT2D eigenvalue weighted by Gasteiger charge is -2.07. The third-order valence-corrected chi connectivity index (χ3v) is 10.9. The largest absolute Gasteiger partial charge is 0.205 e. The van der Waals surface area contributed by atoms with Gasteiger partial charge in [-0.05, 0) is 36.8 Å². The third-order valence-electron chi connectivity index (χ3n) is 8.12. The van der Waals surface area contributed by atoms with Gasteiger partial charge in [-0.15, -0.1) is 22.7 Å². The Kier molecular flexibility index (Phi) is 12.7. The molecule has 0 aromatic carbocycles. The Hall–Kier alpha value is -2.04. The minimum atomic E-state index is 1.11. The number of fused-ring (bicyclic) bond motifs is 1. The first-order chi connectivity index (χ1) is 19.7. The van der Waals surface area contributed by atoms with E-state index >= 15 is 0 Å². The van der Waals surface area contributed by atoms with E-state index in [-0.39, 0.29) is 0 Å². The van der Waals surface area contributed by atoms with Crippen molar-refractivity contribution in [2.45, 2.75) is 131 Å². The number of rotatable bonds is 18. The summed E-state index contributed by atoms with van der Waals surface area (Å²) >= 11 is 4.16. The lowest BCUT2D eigenvalue weighted by atomic mass is 10.0. The molecule has 0 aliphatic carbocycles. The molecule has 0 spiro atoms. The zero-order valence-electron chi connectivity index (χ0n) is 25.6. The van der Waals surface area contributed by atoms with E-state index in [1.807, 2.05) is 0 Å². The average molecular weight is 577 g/mol. The Morgan fingerprint density at radius 2 is 0.850 bits per heavy atom. The third kappa shape index (κ3) is 8.03. The predicted molar refractivity (Wildman–Crippen MR) is 176 cm³/mol. The van der Waals surface area contributed by atoms with E-state index in [2.05, 4.69) is 109 Å². The lowest BCUT2D eigenvalue weighted by molar-refractivity contribution is -0.697. The van der Waals surface area contributed by atoms with Gasteiger partial charge in [0.15, 0.2) is 24.8 Å². The van der Waals surface area contributed by atoms with Crippen LogP contribution in [0.5, 0.6) is 0 Å². The fraction of sp³-hybridized carbons (Fsp3) is 0.556. The highest BCUT2D eigenvalue weighted by molar-refractivity contribution is 7.31. The molecule has 4 heteroatoms. The smallest absolute Gasteiger partial charge is 0.169 e. The first-order valence-corrected chi connectivity index (χ1v) is 17.9. The summed E-state index contributed by atoms with van der Waals surface area (Å²) in [6, 6.07) is 9.48. The van der Waals surface area contributed by atoms with Crippen LogP contribution in [0.15, 0.2) is 49.1 Å². The minimum Gasteiger partial charge on any atom is -0.205 e. The number of pyridine rings is 2. The molecule has 0 bridgehead atoms. The van der Waals surface area contributed by atoms with Gasteiger partial charge in [0.25, 0.3) is 0 Å². The minimum absolute atomic E-state index is 1.11. The van der Waals surface area contributed by atoms with Gasteiger partial charge in [-0.2, -0.15) is 0 Å². The Bertz CT molecular complexity index is 1180. The number of aromatic nitrogens is 2. The second-order valence-corrected chi connectivity index (χ2v) is 13.5. The molecule has 216 valence electrons. The van der Waals surface area contributed by atoms with Gasteiger partial charge >= 0.3 is 0 Å². The second kappa shape index (κ2) is 16.4. The van der Waals surface area contributed by atoms with Crippen molar-refractivity contribution >= 4 is 32.1 Å². The van der Waals surface area contributed by atoms with Gasteiger partial charge in [0, 0.05) is 67.4 Å². The first kappa shape index (κ1) is 30.9. The predicted octanol–water partition coefficient (Wildman–Crippen LogP) is 10.7. The quantitative estimate of drug-likeness (QED) is 0.0822. The SMILES string of the molecule is CCCCCCc1c(-c2cc[n+](CCCC)cc2)sc2c(CCCCCC)c(-c3cc[n+](CCCC)cc3)sc12. The number of aryl methyl sites for hydroxylation is 4. The average Bonchev–Trinajstić information content (AvgIpc) is 3.52. The molecule has 0 aliphatic rings. The molecule has 0 unspecified atom stereocenters. The maximum atomic E-state index is 2.37. The number of hydrogen-bond donors (Lipinski definition) is 0. The van der Waals surface area contributed by atoms with Crippen LogP contribution in [-0.2, 0) is 25.9 Å². The van der Waals surface area contributed by atoms with Crippen molar-refractivity contribution in [3.63, 3.8) is 0 Å². The van der Waals surface area contributed by atoms with E-state index in [1.54, 1.807) is 20.5 Å². The van der Waals surface area contributed by atoms with Crippen molar-refractivity contribution in [1.29, 1.82) is 0 Å². The standard InChI is InChI=1S/C36H52N2S2/c1-5-9-13-15-17-31-33(29-19-25-37(26-20-29)23-11-7-3)39-36-32(18-16-14-10-6-2)34(40-35(31)36)30-21-27-38(28-22-30)24-12-8-4/h19-22,25-28H,5-18,23-24H2,1-4H3/q+2. The van der Waals surface area contributed by atoms with Gasteiger partial charge < -0.3 is 0 Å². The summed E-state index contributed by atoms with van der Waals surface area (Å²) in [6.07, 6.45) is 27.0. The van der Waals surface area contributed by atoms with Crippen LogP contribution in [0.2, 0.25) is 0 Å². The molecule has 4 heterocycles. The molecule has 0 radical (unpaired) electrons. The van der Waals surface area contributed by atoms with Gasteiger partial charge in [0.2, 0.25) is 0 Å². The highest BCUT2D eigenvalue weighted by Crippen LogP contribution is 2.49. The number of hydrogen-bond acceptors (Lipinski definition) is 2. The van der Waals surface area contributed by atoms with Crippen molar-refractivity contribution in [2.24, 2.45) is 0 Å². The molecule has 0 aliphatic heterocycles. The Morgan fingerprint density at radius 3 is 1.20 bits per heavy atom. The van der Waals surface area contributed by atoms with Crippen molar-refractivity contribution < 1.29 is 9.13 Å². The zero-order valence-corrected chi connectivity index (χ0v) is 27.3. The van der Waals surface area contributed by atoms with E-state index in [0.29, 0.717) is 0 Å².